The van der Waals surface area contributed by atoms with Crippen LogP contribution in [0.2, 0.25) is 0 Å². The molecule has 2 rings (SSSR count). The van der Waals surface area contributed by atoms with Crippen LogP contribution < -0.4 is 0 Å². The molecule has 1 aromatic carbocycles. The van der Waals surface area contributed by atoms with Gasteiger partial charge in [0.05, 0.1) is 5.56 Å². The van der Waals surface area contributed by atoms with Gasteiger partial charge in [0.1, 0.15) is 0 Å². The molecule has 0 radical (unpaired) electrons. The normalized spacial score (nSPS) is 16.9. The summed E-state index contributed by atoms with van der Waals surface area (Å²) in [6, 6.07) is 5.88. The van der Waals surface area contributed by atoms with Crippen molar-refractivity contribution in [3.8, 4) is 0 Å². The van der Waals surface area contributed by atoms with Crippen LogP contribution in [-0.4, -0.2) is 48.9 Å². The third-order valence-electron chi connectivity index (χ3n) is 4.47. The number of nitrogens with zero attached hydrogens (tertiary/aromatic N) is 2. The van der Waals surface area contributed by atoms with Crippen molar-refractivity contribution >= 4 is 21.8 Å². The fraction of sp³-hybridized carbons (Fsp3) is 0.562. The molecule has 1 fully saturated rings. The van der Waals surface area contributed by atoms with Crippen molar-refractivity contribution in [3.05, 3.63) is 33.8 Å². The second kappa shape index (κ2) is 5.86. The van der Waals surface area contributed by atoms with Crippen LogP contribution in [0, 0.1) is 6.92 Å². The van der Waals surface area contributed by atoms with Crippen LogP contribution in [0.5, 0.6) is 0 Å². The van der Waals surface area contributed by atoms with Crippen LogP contribution in [0.15, 0.2) is 22.7 Å². The van der Waals surface area contributed by atoms with E-state index in [1.165, 1.54) is 19.3 Å². The second-order valence-electron chi connectivity index (χ2n) is 6.12. The molecule has 1 saturated carbocycles. The predicted octanol–water partition coefficient (Wildman–Crippen LogP) is 3.31. The van der Waals surface area contributed by atoms with E-state index in [0.717, 1.165) is 22.1 Å². The maximum Gasteiger partial charge on any atom is 0.254 e. The third kappa shape index (κ3) is 2.91. The fourth-order valence-electron chi connectivity index (χ4n) is 2.84. The van der Waals surface area contributed by atoms with E-state index in [4.69, 9.17) is 0 Å². The van der Waals surface area contributed by atoms with Gasteiger partial charge >= 0.3 is 0 Å². The number of benzene rings is 1. The van der Waals surface area contributed by atoms with Gasteiger partial charge in [-0.15, -0.1) is 0 Å². The van der Waals surface area contributed by atoms with Crippen molar-refractivity contribution in [2.75, 3.05) is 27.7 Å². The number of hydrogen-bond acceptors (Lipinski definition) is 2. The summed E-state index contributed by atoms with van der Waals surface area (Å²) >= 11 is 3.50. The quantitative estimate of drug-likeness (QED) is 0.840. The van der Waals surface area contributed by atoms with Crippen molar-refractivity contribution in [1.29, 1.82) is 0 Å². The Balaban J connectivity index is 2.12. The molecule has 110 valence electrons. The van der Waals surface area contributed by atoms with Crippen molar-refractivity contribution < 1.29 is 4.79 Å². The number of likely N-dealkylation sites (N-methyl/N-ethyl adjacent to an activating group) is 2. The summed E-state index contributed by atoms with van der Waals surface area (Å²) in [5.41, 5.74) is 2.06. The van der Waals surface area contributed by atoms with Gasteiger partial charge in [0.2, 0.25) is 0 Å². The van der Waals surface area contributed by atoms with E-state index in [-0.39, 0.29) is 11.4 Å². The van der Waals surface area contributed by atoms with Gasteiger partial charge in [-0.3, -0.25) is 4.79 Å². The molecule has 0 bridgehead atoms. The average molecular weight is 339 g/mol. The molecule has 1 amide bonds. The Labute approximate surface area is 130 Å². The molecule has 0 aromatic heterocycles. The number of aryl methyl sites for hydroxylation is 1. The number of carbonyl (C=O) groups excluding carboxylic acids is 1. The van der Waals surface area contributed by atoms with Gasteiger partial charge in [-0.2, -0.15) is 0 Å². The van der Waals surface area contributed by atoms with E-state index in [0.29, 0.717) is 0 Å². The summed E-state index contributed by atoms with van der Waals surface area (Å²) in [4.78, 5) is 16.7. The Kier molecular flexibility index (Phi) is 4.55. The lowest BCUT2D eigenvalue weighted by atomic mass is 9.75. The summed E-state index contributed by atoms with van der Waals surface area (Å²) in [5.74, 6) is 0.0880. The summed E-state index contributed by atoms with van der Waals surface area (Å²) in [5, 5.41) is 0. The highest BCUT2D eigenvalue weighted by molar-refractivity contribution is 9.10. The average Bonchev–Trinajstić information content (AvgIpc) is 2.32. The van der Waals surface area contributed by atoms with Crippen LogP contribution in [0.25, 0.3) is 0 Å². The minimum Gasteiger partial charge on any atom is -0.340 e. The molecule has 0 unspecified atom stereocenters. The van der Waals surface area contributed by atoms with E-state index >= 15 is 0 Å². The molecule has 1 aliphatic rings. The number of carbonyl (C=O) groups is 1. The van der Waals surface area contributed by atoms with E-state index in [1.54, 1.807) is 0 Å². The van der Waals surface area contributed by atoms with E-state index in [2.05, 4.69) is 34.9 Å². The minimum atomic E-state index is 0.0880. The Morgan fingerprint density at radius 3 is 2.40 bits per heavy atom. The Hall–Kier alpha value is -0.870. The largest absolute Gasteiger partial charge is 0.340 e. The first kappa shape index (κ1) is 15.5. The Morgan fingerprint density at radius 2 is 1.95 bits per heavy atom. The van der Waals surface area contributed by atoms with Crippen LogP contribution in [-0.2, 0) is 0 Å². The molecule has 1 aliphatic carbocycles. The molecule has 0 spiro atoms. The molecular formula is C16H23BrN2O. The van der Waals surface area contributed by atoms with Crippen molar-refractivity contribution in [1.82, 2.24) is 9.80 Å². The number of halogens is 1. The second-order valence-corrected chi connectivity index (χ2v) is 6.97. The highest BCUT2D eigenvalue weighted by Crippen LogP contribution is 2.37. The van der Waals surface area contributed by atoms with Gasteiger partial charge in [0.25, 0.3) is 5.91 Å². The van der Waals surface area contributed by atoms with Crippen molar-refractivity contribution in [2.24, 2.45) is 0 Å². The predicted molar refractivity (Wildman–Crippen MR) is 86.1 cm³/mol. The van der Waals surface area contributed by atoms with Crippen LogP contribution in [0.1, 0.15) is 35.2 Å². The smallest absolute Gasteiger partial charge is 0.254 e. The van der Waals surface area contributed by atoms with Gasteiger partial charge in [-0.25, -0.2) is 0 Å². The van der Waals surface area contributed by atoms with Crippen molar-refractivity contribution in [2.45, 2.75) is 31.7 Å². The van der Waals surface area contributed by atoms with Crippen LogP contribution in [0.3, 0.4) is 0 Å². The molecule has 4 heteroatoms. The highest BCUT2D eigenvalue weighted by Gasteiger charge is 2.40. The summed E-state index contributed by atoms with van der Waals surface area (Å²) in [7, 11) is 6.12. The van der Waals surface area contributed by atoms with E-state index in [1.807, 2.05) is 37.1 Å². The number of hydrogen-bond donors (Lipinski definition) is 0. The molecule has 1 aromatic rings. The first-order chi connectivity index (χ1) is 9.35. The zero-order chi connectivity index (χ0) is 14.9. The molecule has 0 heterocycles. The van der Waals surface area contributed by atoms with Gasteiger partial charge in [0, 0.05) is 23.6 Å². The Morgan fingerprint density at radius 1 is 1.30 bits per heavy atom. The van der Waals surface area contributed by atoms with Gasteiger partial charge in [-0.05, 0) is 73.9 Å². The molecule has 0 saturated heterocycles. The monoisotopic (exact) mass is 338 g/mol. The van der Waals surface area contributed by atoms with Crippen LogP contribution in [0.4, 0.5) is 0 Å². The van der Waals surface area contributed by atoms with Gasteiger partial charge in [-0.1, -0.05) is 6.07 Å². The first-order valence-corrected chi connectivity index (χ1v) is 7.84. The highest BCUT2D eigenvalue weighted by atomic mass is 79.9. The number of rotatable bonds is 4. The zero-order valence-electron chi connectivity index (χ0n) is 12.7. The van der Waals surface area contributed by atoms with Gasteiger partial charge in [0.15, 0.2) is 0 Å². The standard InChI is InChI=1S/C16H23BrN2O/c1-12-6-7-13(14(17)10-12)15(20)19(4)11-16(18(2)3)8-5-9-16/h6-7,10H,5,8-9,11H2,1-4H3. The lowest BCUT2D eigenvalue weighted by Gasteiger charge is -2.49. The Bertz CT molecular complexity index is 509. The van der Waals surface area contributed by atoms with Crippen LogP contribution >= 0.6 is 15.9 Å². The third-order valence-corrected chi connectivity index (χ3v) is 5.12. The maximum atomic E-state index is 12.6. The minimum absolute atomic E-state index is 0.0880. The number of amides is 1. The maximum absolute atomic E-state index is 12.6. The first-order valence-electron chi connectivity index (χ1n) is 7.05. The molecular weight excluding hydrogens is 316 g/mol. The fourth-order valence-corrected chi connectivity index (χ4v) is 3.51. The SMILES string of the molecule is Cc1ccc(C(=O)N(C)CC2(N(C)C)CCC2)c(Br)c1. The molecule has 20 heavy (non-hydrogen) atoms. The van der Waals surface area contributed by atoms with E-state index < -0.39 is 0 Å². The molecule has 0 aliphatic heterocycles. The lowest BCUT2D eigenvalue weighted by Crippen LogP contribution is -2.57. The zero-order valence-corrected chi connectivity index (χ0v) is 14.3. The van der Waals surface area contributed by atoms with Gasteiger partial charge < -0.3 is 9.80 Å². The lowest BCUT2D eigenvalue weighted by molar-refractivity contribution is 0.0252. The van der Waals surface area contributed by atoms with E-state index in [9.17, 15) is 4.79 Å². The summed E-state index contributed by atoms with van der Waals surface area (Å²) < 4.78 is 0.877. The molecule has 0 atom stereocenters. The molecule has 0 N–H and O–H groups in total. The summed E-state index contributed by atoms with van der Waals surface area (Å²) in [6.45, 7) is 2.82. The van der Waals surface area contributed by atoms with Crippen molar-refractivity contribution in [3.63, 3.8) is 0 Å². The summed E-state index contributed by atoms with van der Waals surface area (Å²) in [6.07, 6.45) is 3.60. The topological polar surface area (TPSA) is 23.6 Å². The molecule has 3 nitrogen and oxygen atoms in total.